The van der Waals surface area contributed by atoms with Crippen LogP contribution in [0.3, 0.4) is 0 Å². The van der Waals surface area contributed by atoms with Gasteiger partial charge in [-0.1, -0.05) is 236 Å². The van der Waals surface area contributed by atoms with Crippen LogP contribution in [0.2, 0.25) is 0 Å². The van der Waals surface area contributed by atoms with Crippen molar-refractivity contribution in [1.29, 1.82) is 0 Å². The fourth-order valence-electron chi connectivity index (χ4n) is 8.56. The van der Waals surface area contributed by atoms with Gasteiger partial charge in [0.2, 0.25) is 0 Å². The molecule has 1 N–H and O–H groups in total. The Labute approximate surface area is 317 Å². The molecule has 1 aromatic heterocycles. The Hall–Kier alpha value is -2.35. The number of imidazole rings is 1. The molecule has 2 unspecified atom stereocenters. The molecule has 0 saturated heterocycles. The van der Waals surface area contributed by atoms with E-state index in [4.69, 9.17) is 0 Å². The van der Waals surface area contributed by atoms with Crippen molar-refractivity contribution in [3.63, 3.8) is 0 Å². The van der Waals surface area contributed by atoms with Gasteiger partial charge < -0.3 is 0 Å². The van der Waals surface area contributed by atoms with E-state index in [1.54, 1.807) is 0 Å². The lowest BCUT2D eigenvalue weighted by Crippen LogP contribution is -2.43. The number of benzene rings is 2. The van der Waals surface area contributed by atoms with Crippen molar-refractivity contribution in [1.82, 2.24) is 4.98 Å². The number of unbranched alkanes of at least 4 members (excludes halogenated alkanes) is 24. The molecule has 0 aliphatic carbocycles. The SMILES string of the molecule is CCCCCCCCCCCCCCCCCCC(c1[nH]cc[n+]1CCCCCCCCCCCC)C(C)(Cc1ccccc1)c1ccccc1. The summed E-state index contributed by atoms with van der Waals surface area (Å²) in [5, 5.41) is 0. The molecule has 2 heteroatoms. The van der Waals surface area contributed by atoms with Crippen molar-refractivity contribution in [2.75, 3.05) is 0 Å². The van der Waals surface area contributed by atoms with Gasteiger partial charge in [0.05, 0.1) is 12.5 Å². The monoisotopic (exact) mass is 698 g/mol. The average molecular weight is 698 g/mol. The maximum Gasteiger partial charge on any atom is 0.258 e. The van der Waals surface area contributed by atoms with E-state index < -0.39 is 0 Å². The van der Waals surface area contributed by atoms with Crippen molar-refractivity contribution in [3.8, 4) is 0 Å². The molecule has 2 atom stereocenters. The second kappa shape index (κ2) is 28.2. The van der Waals surface area contributed by atoms with Gasteiger partial charge in [0.25, 0.3) is 5.82 Å². The van der Waals surface area contributed by atoms with Gasteiger partial charge in [-0.25, -0.2) is 9.55 Å². The van der Waals surface area contributed by atoms with Crippen LogP contribution < -0.4 is 4.57 Å². The molecule has 1 heterocycles. The van der Waals surface area contributed by atoms with Crippen LogP contribution in [0.5, 0.6) is 0 Å². The quantitative estimate of drug-likeness (QED) is 0.0483. The van der Waals surface area contributed by atoms with E-state index in [1.807, 2.05) is 0 Å². The lowest BCUT2D eigenvalue weighted by Gasteiger charge is -2.37. The van der Waals surface area contributed by atoms with E-state index in [2.05, 4.69) is 103 Å². The fourth-order valence-corrected chi connectivity index (χ4v) is 8.56. The first-order valence-electron chi connectivity index (χ1n) is 22.3. The Morgan fingerprint density at radius 3 is 1.39 bits per heavy atom. The number of nitrogens with one attached hydrogen (secondary N) is 1. The second-order valence-corrected chi connectivity index (χ2v) is 16.3. The minimum atomic E-state index is 0.00248. The molecule has 0 aliphatic rings. The van der Waals surface area contributed by atoms with Crippen molar-refractivity contribution in [3.05, 3.63) is 90.0 Å². The summed E-state index contributed by atoms with van der Waals surface area (Å²) in [6.45, 7) is 8.30. The van der Waals surface area contributed by atoms with Gasteiger partial charge in [-0.15, -0.1) is 0 Å². The number of rotatable bonds is 33. The molecule has 51 heavy (non-hydrogen) atoms. The minimum Gasteiger partial charge on any atom is -0.247 e. The number of aryl methyl sites for hydroxylation is 1. The zero-order chi connectivity index (χ0) is 36.1. The highest BCUT2D eigenvalue weighted by Gasteiger charge is 2.41. The number of aromatic nitrogens is 2. The molecule has 0 bridgehead atoms. The van der Waals surface area contributed by atoms with Crippen LogP contribution in [0.25, 0.3) is 0 Å². The van der Waals surface area contributed by atoms with Gasteiger partial charge in [0, 0.05) is 5.41 Å². The van der Waals surface area contributed by atoms with Crippen LogP contribution in [0.4, 0.5) is 0 Å². The van der Waals surface area contributed by atoms with Crippen molar-refractivity contribution in [2.45, 2.75) is 218 Å². The highest BCUT2D eigenvalue weighted by molar-refractivity contribution is 5.32. The van der Waals surface area contributed by atoms with Crippen LogP contribution in [-0.2, 0) is 18.4 Å². The first-order chi connectivity index (χ1) is 25.2. The van der Waals surface area contributed by atoms with Crippen molar-refractivity contribution >= 4 is 0 Å². The Morgan fingerprint density at radius 1 is 0.510 bits per heavy atom. The van der Waals surface area contributed by atoms with E-state index in [0.29, 0.717) is 5.92 Å². The zero-order valence-corrected chi connectivity index (χ0v) is 34.0. The number of aromatic amines is 1. The van der Waals surface area contributed by atoms with Gasteiger partial charge in [0.15, 0.2) is 0 Å². The van der Waals surface area contributed by atoms with E-state index in [9.17, 15) is 0 Å². The molecule has 0 fully saturated rings. The smallest absolute Gasteiger partial charge is 0.247 e. The third-order valence-corrected chi connectivity index (χ3v) is 11.8. The Balaban J connectivity index is 1.52. The third-order valence-electron chi connectivity index (χ3n) is 11.8. The lowest BCUT2D eigenvalue weighted by molar-refractivity contribution is -0.705. The molecule has 2 aromatic carbocycles. The average Bonchev–Trinajstić information content (AvgIpc) is 3.62. The van der Waals surface area contributed by atoms with Crippen LogP contribution in [0, 0.1) is 0 Å². The predicted octanol–water partition coefficient (Wildman–Crippen LogP) is 15.2. The molecular formula is C49H81N2+. The molecule has 0 aliphatic heterocycles. The largest absolute Gasteiger partial charge is 0.258 e. The summed E-state index contributed by atoms with van der Waals surface area (Å²) in [5.74, 6) is 1.87. The normalized spacial score (nSPS) is 13.4. The van der Waals surface area contributed by atoms with Crippen LogP contribution in [0.1, 0.15) is 217 Å². The van der Waals surface area contributed by atoms with Gasteiger partial charge in [-0.3, -0.25) is 0 Å². The first-order valence-corrected chi connectivity index (χ1v) is 22.3. The summed E-state index contributed by atoms with van der Waals surface area (Å²) < 4.78 is 2.59. The molecule has 0 saturated carbocycles. The number of nitrogens with zero attached hydrogens (tertiary/aromatic N) is 1. The Kier molecular flexibility index (Phi) is 23.8. The summed E-state index contributed by atoms with van der Waals surface area (Å²) >= 11 is 0. The summed E-state index contributed by atoms with van der Waals surface area (Å²) in [7, 11) is 0. The van der Waals surface area contributed by atoms with Gasteiger partial charge in [0.1, 0.15) is 12.4 Å². The molecule has 286 valence electrons. The molecule has 3 aromatic rings. The van der Waals surface area contributed by atoms with Gasteiger partial charge in [-0.05, 0) is 36.8 Å². The van der Waals surface area contributed by atoms with Crippen LogP contribution in [-0.4, -0.2) is 4.98 Å². The molecule has 0 radical (unpaired) electrons. The number of hydrogen-bond acceptors (Lipinski definition) is 0. The second-order valence-electron chi connectivity index (χ2n) is 16.3. The first kappa shape index (κ1) is 43.1. The zero-order valence-electron chi connectivity index (χ0n) is 34.0. The maximum atomic E-state index is 3.82. The third kappa shape index (κ3) is 17.8. The van der Waals surface area contributed by atoms with Gasteiger partial charge >= 0.3 is 0 Å². The van der Waals surface area contributed by atoms with Crippen molar-refractivity contribution in [2.24, 2.45) is 0 Å². The summed E-state index contributed by atoms with van der Waals surface area (Å²) in [6.07, 6.45) is 43.4. The van der Waals surface area contributed by atoms with E-state index in [-0.39, 0.29) is 5.41 Å². The van der Waals surface area contributed by atoms with E-state index >= 15 is 0 Å². The Bertz CT molecular complexity index is 1180. The highest BCUT2D eigenvalue weighted by atomic mass is 15.1. The molecule has 2 nitrogen and oxygen atoms in total. The summed E-state index contributed by atoms with van der Waals surface area (Å²) in [5.41, 5.74) is 2.91. The summed E-state index contributed by atoms with van der Waals surface area (Å²) in [6, 6.07) is 22.7. The molecule has 0 amide bonds. The molecule has 3 rings (SSSR count). The van der Waals surface area contributed by atoms with Crippen LogP contribution in [0.15, 0.2) is 73.1 Å². The van der Waals surface area contributed by atoms with Gasteiger partial charge in [-0.2, -0.15) is 0 Å². The fraction of sp³-hybridized carbons (Fsp3) is 0.694. The number of hydrogen-bond donors (Lipinski definition) is 1. The standard InChI is InChI=1S/C49H80N2/c1-4-6-8-10-12-14-16-17-18-19-20-21-22-24-26-34-40-47(49(3,46-38-32-29-33-39-46)44-45-36-30-28-31-37-45)48-50-41-43-51(48)42-35-27-25-23-15-13-11-9-7-5-2/h28-33,36-39,41,43,47H,4-27,34-35,40,42,44H2,1-3H3/p+1. The molecule has 0 spiro atoms. The lowest BCUT2D eigenvalue weighted by atomic mass is 9.66. The Morgan fingerprint density at radius 2 is 0.922 bits per heavy atom. The van der Waals surface area contributed by atoms with Crippen molar-refractivity contribution < 1.29 is 4.57 Å². The minimum absolute atomic E-state index is 0.00248. The maximum absolute atomic E-state index is 3.82. The molecular weight excluding hydrogens is 617 g/mol. The van der Waals surface area contributed by atoms with Crippen LogP contribution >= 0.6 is 0 Å². The van der Waals surface area contributed by atoms with E-state index in [1.165, 1.54) is 190 Å². The van der Waals surface area contributed by atoms with E-state index in [0.717, 1.165) is 13.0 Å². The summed E-state index contributed by atoms with van der Waals surface area (Å²) in [4.78, 5) is 3.82. The topological polar surface area (TPSA) is 19.7 Å². The highest BCUT2D eigenvalue weighted by Crippen LogP contribution is 2.43. The predicted molar refractivity (Wildman–Crippen MR) is 224 cm³/mol. The number of H-pyrrole nitrogens is 1.